The van der Waals surface area contributed by atoms with Gasteiger partial charge >= 0.3 is 4.87 Å². The number of carbonyl (C=O) groups is 1. The Labute approximate surface area is 157 Å². The minimum absolute atomic E-state index is 0.199. The number of fused-ring (bicyclic) bond motifs is 1. The Hall–Kier alpha value is -3.20. The number of hydrazone groups is 1. The molecule has 0 bridgehead atoms. The average molecular weight is 389 g/mol. The van der Waals surface area contributed by atoms with Crippen molar-refractivity contribution in [3.63, 3.8) is 0 Å². The van der Waals surface area contributed by atoms with E-state index in [2.05, 4.69) is 10.5 Å². The van der Waals surface area contributed by atoms with Crippen molar-refractivity contribution in [3.8, 4) is 11.5 Å². The molecule has 0 fully saturated rings. The highest BCUT2D eigenvalue weighted by molar-refractivity contribution is 7.16. The van der Waals surface area contributed by atoms with Gasteiger partial charge < -0.3 is 9.47 Å². The van der Waals surface area contributed by atoms with Gasteiger partial charge in [-0.15, -0.1) is 0 Å². The highest BCUT2D eigenvalue weighted by Crippen LogP contribution is 2.33. The van der Waals surface area contributed by atoms with Crippen LogP contribution in [0, 0.1) is 5.82 Å². The predicted octanol–water partition coefficient (Wildman–Crippen LogP) is 2.37. The van der Waals surface area contributed by atoms with Crippen molar-refractivity contribution in [2.75, 3.05) is 14.2 Å². The van der Waals surface area contributed by atoms with E-state index < -0.39 is 5.91 Å². The Morgan fingerprint density at radius 2 is 1.89 bits per heavy atom. The first-order chi connectivity index (χ1) is 13.0. The molecule has 3 aromatic rings. The zero-order chi connectivity index (χ0) is 19.4. The Bertz CT molecular complexity index is 1060. The lowest BCUT2D eigenvalue weighted by molar-refractivity contribution is -0.121. The number of carbonyl (C=O) groups excluding carboxylic acids is 1. The maximum Gasteiger partial charge on any atom is 0.308 e. The van der Waals surface area contributed by atoms with Gasteiger partial charge in [0.2, 0.25) is 0 Å². The molecule has 0 radical (unpaired) electrons. The van der Waals surface area contributed by atoms with Gasteiger partial charge in [-0.2, -0.15) is 5.10 Å². The number of nitrogens with zero attached hydrogens (tertiary/aromatic N) is 2. The van der Waals surface area contributed by atoms with Crippen LogP contribution in [-0.4, -0.2) is 30.9 Å². The number of aromatic nitrogens is 1. The Morgan fingerprint density at radius 3 is 2.56 bits per heavy atom. The van der Waals surface area contributed by atoms with Gasteiger partial charge in [0.15, 0.2) is 11.5 Å². The predicted molar refractivity (Wildman–Crippen MR) is 101 cm³/mol. The lowest BCUT2D eigenvalue weighted by atomic mass is 10.2. The summed E-state index contributed by atoms with van der Waals surface area (Å²) in [5.41, 5.74) is 3.55. The summed E-state index contributed by atoms with van der Waals surface area (Å²) in [6.45, 7) is -0.199. The van der Waals surface area contributed by atoms with Crippen LogP contribution >= 0.6 is 11.3 Å². The molecule has 0 spiro atoms. The fourth-order valence-corrected chi connectivity index (χ4v) is 3.35. The molecule has 0 aliphatic carbocycles. The summed E-state index contributed by atoms with van der Waals surface area (Å²) in [6.07, 6.45) is 1.39. The SMILES string of the molecule is COc1cc2sc(=O)n(CC(=O)N/N=C/c3ccc(F)cc3)c2cc1OC. The minimum atomic E-state index is -0.468. The average Bonchev–Trinajstić information content (AvgIpc) is 2.96. The van der Waals surface area contributed by atoms with Crippen molar-refractivity contribution >= 4 is 33.7 Å². The molecule has 9 heteroatoms. The third-order valence-corrected chi connectivity index (χ3v) is 4.69. The quantitative estimate of drug-likeness (QED) is 0.518. The van der Waals surface area contributed by atoms with Crippen LogP contribution in [0.1, 0.15) is 5.56 Å². The van der Waals surface area contributed by atoms with E-state index in [1.807, 2.05) is 0 Å². The van der Waals surface area contributed by atoms with Gasteiger partial charge in [-0.3, -0.25) is 14.2 Å². The van der Waals surface area contributed by atoms with Gasteiger partial charge in [0.25, 0.3) is 5.91 Å². The van der Waals surface area contributed by atoms with Crippen LogP contribution in [-0.2, 0) is 11.3 Å². The Balaban J connectivity index is 1.77. The number of halogens is 1. The summed E-state index contributed by atoms with van der Waals surface area (Å²) in [7, 11) is 3.01. The largest absolute Gasteiger partial charge is 0.493 e. The van der Waals surface area contributed by atoms with Crippen molar-refractivity contribution in [1.82, 2.24) is 9.99 Å². The van der Waals surface area contributed by atoms with Crippen molar-refractivity contribution in [1.29, 1.82) is 0 Å². The van der Waals surface area contributed by atoms with Gasteiger partial charge in [-0.05, 0) is 17.7 Å². The van der Waals surface area contributed by atoms with E-state index in [9.17, 15) is 14.0 Å². The summed E-state index contributed by atoms with van der Waals surface area (Å²) in [6, 6.07) is 9.00. The smallest absolute Gasteiger partial charge is 0.308 e. The lowest BCUT2D eigenvalue weighted by Gasteiger charge is -2.08. The fourth-order valence-electron chi connectivity index (χ4n) is 2.45. The third kappa shape index (κ3) is 4.14. The second kappa shape index (κ2) is 8.00. The van der Waals surface area contributed by atoms with Crippen LogP contribution in [0.25, 0.3) is 10.2 Å². The molecule has 3 rings (SSSR count). The van der Waals surface area contributed by atoms with Gasteiger partial charge in [-0.1, -0.05) is 23.5 Å². The molecular formula is C18H16FN3O4S. The molecule has 0 unspecified atom stereocenters. The van der Waals surface area contributed by atoms with E-state index in [0.717, 1.165) is 11.3 Å². The Morgan fingerprint density at radius 1 is 1.22 bits per heavy atom. The number of methoxy groups -OCH3 is 2. The van der Waals surface area contributed by atoms with Crippen molar-refractivity contribution < 1.29 is 18.7 Å². The number of rotatable bonds is 6. The molecule has 1 amide bonds. The standard InChI is InChI=1S/C18H16FN3O4S/c1-25-14-7-13-16(8-15(14)26-2)27-18(24)22(13)10-17(23)21-20-9-11-3-5-12(19)6-4-11/h3-9H,10H2,1-2H3,(H,21,23)/b20-9+. The van der Waals surface area contributed by atoms with Crippen LogP contribution in [0.3, 0.4) is 0 Å². The Kier molecular flexibility index (Phi) is 5.51. The minimum Gasteiger partial charge on any atom is -0.493 e. The van der Waals surface area contributed by atoms with Gasteiger partial charge in [0.05, 0.1) is 30.7 Å². The number of nitrogens with one attached hydrogen (secondary N) is 1. The number of hydrogen-bond acceptors (Lipinski definition) is 6. The summed E-state index contributed by atoms with van der Waals surface area (Å²) in [5.74, 6) is 0.148. The molecule has 0 atom stereocenters. The highest BCUT2D eigenvalue weighted by atomic mass is 32.1. The molecule has 1 aromatic heterocycles. The zero-order valence-electron chi connectivity index (χ0n) is 14.6. The van der Waals surface area contributed by atoms with Crippen LogP contribution < -0.4 is 19.8 Å². The number of hydrogen-bond donors (Lipinski definition) is 1. The topological polar surface area (TPSA) is 81.9 Å². The molecular weight excluding hydrogens is 373 g/mol. The number of ether oxygens (including phenoxy) is 2. The zero-order valence-corrected chi connectivity index (χ0v) is 15.4. The summed E-state index contributed by atoms with van der Waals surface area (Å²) >= 11 is 1.01. The van der Waals surface area contributed by atoms with Crippen molar-refractivity contribution in [2.45, 2.75) is 6.54 Å². The molecule has 7 nitrogen and oxygen atoms in total. The molecule has 0 saturated heterocycles. The van der Waals surface area contributed by atoms with Crippen LogP contribution in [0.15, 0.2) is 46.3 Å². The molecule has 140 valence electrons. The first-order valence-electron chi connectivity index (χ1n) is 7.84. The summed E-state index contributed by atoms with van der Waals surface area (Å²) in [4.78, 5) is 24.1. The molecule has 0 saturated carbocycles. The van der Waals surface area contributed by atoms with E-state index >= 15 is 0 Å². The van der Waals surface area contributed by atoms with Crippen LogP contribution in [0.2, 0.25) is 0 Å². The van der Waals surface area contributed by atoms with E-state index in [0.29, 0.717) is 27.3 Å². The first-order valence-corrected chi connectivity index (χ1v) is 8.66. The first kappa shape index (κ1) is 18.6. The maximum atomic E-state index is 12.9. The maximum absolute atomic E-state index is 12.9. The highest BCUT2D eigenvalue weighted by Gasteiger charge is 2.15. The van der Waals surface area contributed by atoms with Crippen LogP contribution in [0.4, 0.5) is 4.39 Å². The van der Waals surface area contributed by atoms with Gasteiger partial charge in [0.1, 0.15) is 12.4 Å². The van der Waals surface area contributed by atoms with Crippen molar-refractivity contribution in [3.05, 3.63) is 57.4 Å². The summed E-state index contributed by atoms with van der Waals surface area (Å²) < 4.78 is 25.3. The normalized spacial score (nSPS) is 11.1. The number of benzene rings is 2. The molecule has 1 N–H and O–H groups in total. The van der Waals surface area contributed by atoms with Crippen molar-refractivity contribution in [2.24, 2.45) is 5.10 Å². The summed E-state index contributed by atoms with van der Waals surface area (Å²) in [5, 5.41) is 3.82. The number of thiazole rings is 1. The monoisotopic (exact) mass is 389 g/mol. The molecule has 0 aliphatic rings. The molecule has 0 aliphatic heterocycles. The molecule has 2 aromatic carbocycles. The second-order valence-corrected chi connectivity index (χ2v) is 6.47. The molecule has 27 heavy (non-hydrogen) atoms. The van der Waals surface area contributed by atoms with E-state index in [-0.39, 0.29) is 17.2 Å². The molecule has 1 heterocycles. The van der Waals surface area contributed by atoms with E-state index in [1.54, 1.807) is 12.1 Å². The number of amides is 1. The van der Waals surface area contributed by atoms with Gasteiger partial charge in [0, 0.05) is 12.1 Å². The van der Waals surface area contributed by atoms with E-state index in [1.165, 1.54) is 49.3 Å². The third-order valence-electron chi connectivity index (χ3n) is 3.75. The van der Waals surface area contributed by atoms with Crippen LogP contribution in [0.5, 0.6) is 11.5 Å². The second-order valence-electron chi connectivity index (χ2n) is 5.47. The lowest BCUT2D eigenvalue weighted by Crippen LogP contribution is -2.27. The fraction of sp³-hybridized carbons (Fsp3) is 0.167. The van der Waals surface area contributed by atoms with E-state index in [4.69, 9.17) is 9.47 Å². The van der Waals surface area contributed by atoms with Gasteiger partial charge in [-0.25, -0.2) is 9.82 Å².